The molecule has 75 heavy (non-hydrogen) atoms. The lowest BCUT2D eigenvalue weighted by Crippen LogP contribution is -3.00. The van der Waals surface area contributed by atoms with Gasteiger partial charge in [-0.05, 0) is 66.4 Å². The van der Waals surface area contributed by atoms with Crippen molar-refractivity contribution < 1.29 is 90.7 Å². The lowest BCUT2D eigenvalue weighted by molar-refractivity contribution is -0.389. The van der Waals surface area contributed by atoms with Gasteiger partial charge in [-0.25, -0.2) is 19.9 Å². The smallest absolute Gasteiger partial charge is 0.219 e. The summed E-state index contributed by atoms with van der Waals surface area (Å²) in [6, 6.07) is 10.2. The topological polar surface area (TPSA) is 211 Å². The molecule has 9 rings (SSSR count). The third-order valence-corrected chi connectivity index (χ3v) is 12.2. The van der Waals surface area contributed by atoms with Crippen LogP contribution in [0.15, 0.2) is 78.4 Å². The molecule has 0 fully saturated rings. The first-order chi connectivity index (χ1) is 34.1. The van der Waals surface area contributed by atoms with Crippen LogP contribution >= 0.6 is 0 Å². The molecule has 414 valence electrons. The Labute approximate surface area is 451 Å². The van der Waals surface area contributed by atoms with E-state index in [4.69, 9.17) is 37.9 Å². The Morgan fingerprint density at radius 3 is 1.37 bits per heavy atom. The number of pyridine rings is 4. The number of aromatic amines is 4. The van der Waals surface area contributed by atoms with E-state index in [2.05, 4.69) is 65.0 Å². The number of rotatable bonds is 14. The molecule has 8 heterocycles. The van der Waals surface area contributed by atoms with Gasteiger partial charge in [0.25, 0.3) is 0 Å². The average Bonchev–Trinajstić information content (AvgIpc) is 4.16. The summed E-state index contributed by atoms with van der Waals surface area (Å²) in [6.45, 7) is 23.0. The van der Waals surface area contributed by atoms with Gasteiger partial charge in [0.1, 0.15) is 0 Å². The quantitative estimate of drug-likeness (QED) is 0.0657. The maximum atomic E-state index is 10.2. The van der Waals surface area contributed by atoms with E-state index < -0.39 is 25.2 Å². The van der Waals surface area contributed by atoms with E-state index in [-0.39, 0.29) is 63.8 Å². The van der Waals surface area contributed by atoms with E-state index in [1.807, 2.05) is 91.5 Å². The molecule has 4 aliphatic heterocycles. The van der Waals surface area contributed by atoms with Crippen LogP contribution in [0.2, 0.25) is 0 Å². The third kappa shape index (κ3) is 17.5. The van der Waals surface area contributed by atoms with Crippen molar-refractivity contribution in [3.63, 3.8) is 0 Å². The second-order valence-corrected chi connectivity index (χ2v) is 18.3. The zero-order chi connectivity index (χ0) is 51.2. The summed E-state index contributed by atoms with van der Waals surface area (Å²) in [4.78, 5) is 12.0. The third-order valence-electron chi connectivity index (χ3n) is 12.2. The van der Waals surface area contributed by atoms with Crippen molar-refractivity contribution in [1.29, 1.82) is 0 Å². The molecule has 4 atom stereocenters. The van der Waals surface area contributed by atoms with E-state index in [0.29, 0.717) is 46.2 Å². The van der Waals surface area contributed by atoms with Gasteiger partial charge in [-0.3, -0.25) is 0 Å². The standard InChI is InChI=1S/C18H25NO3.C16H17NO3.C11H15NO3.C10H13NO3.3CH3.ClH/c1-12(2)6-5-7-13(3)8-9-21-18-16-15(11-22-18)10-19-14(4)17(16)20;1-11-15(18)14-13(9-17-11)10-20-16(14)19-8-7-12-5-3-2-4-6-12;1-6(2)15-11-9-8(5-14-11)4-12-7(3)10(9)13;1-3-13-10-8-7(5-14-10)4-11-6(2)9(8)12;;;;/h6,8,10,18,20H,5,7,9,11H2,1-4H3;2-6,9,16,18H,7-8,10H2,1H3;4,6,11,13H,5H2,1-3H3;4,10,12H,3,5H2,1-2H3;3*1H3;1H/q;;;;3*-1;/p+3/b13-8+;;;;;;;. The van der Waals surface area contributed by atoms with Crippen molar-refractivity contribution in [2.75, 3.05) is 19.8 Å². The Kier molecular flexibility index (Phi) is 27.5. The van der Waals surface area contributed by atoms with E-state index >= 15 is 0 Å². The number of ether oxygens (including phenoxy) is 8. The molecule has 17 heteroatoms. The molecule has 0 aliphatic carbocycles. The fourth-order valence-corrected chi connectivity index (χ4v) is 8.10. The van der Waals surface area contributed by atoms with Gasteiger partial charge < -0.3 is 93.0 Å². The van der Waals surface area contributed by atoms with E-state index in [0.717, 1.165) is 86.5 Å². The number of allylic oxidation sites excluding steroid dienone is 3. The molecule has 0 spiro atoms. The molecule has 4 aromatic heterocycles. The van der Waals surface area contributed by atoms with E-state index in [9.17, 15) is 20.4 Å². The summed E-state index contributed by atoms with van der Waals surface area (Å²) in [5.74, 6) is 0.975. The van der Waals surface area contributed by atoms with Crippen molar-refractivity contribution >= 4 is 0 Å². The van der Waals surface area contributed by atoms with E-state index in [1.165, 1.54) is 16.7 Å². The summed E-state index contributed by atoms with van der Waals surface area (Å²) in [6.07, 6.45) is 13.0. The Balaban J connectivity index is 0.000000341. The number of nitrogens with one attached hydrogen (secondary N) is 4. The minimum absolute atomic E-state index is 0. The summed E-state index contributed by atoms with van der Waals surface area (Å²) < 4.78 is 44.6. The molecular formula is C58H83ClN4O12. The number of hydrogen-bond acceptors (Lipinski definition) is 12. The van der Waals surface area contributed by atoms with Gasteiger partial charge in [0.15, 0.2) is 72.9 Å². The molecule has 1 aromatic carbocycles. The zero-order valence-electron chi connectivity index (χ0n) is 46.2. The second-order valence-electron chi connectivity index (χ2n) is 18.3. The predicted octanol–water partition coefficient (Wildman–Crippen LogP) is 6.96. The highest BCUT2D eigenvalue weighted by Crippen LogP contribution is 2.41. The van der Waals surface area contributed by atoms with Gasteiger partial charge in [0, 0.05) is 34.3 Å². The maximum absolute atomic E-state index is 10.2. The number of aromatic hydroxyl groups is 4. The minimum Gasteiger partial charge on any atom is -1.00 e. The monoisotopic (exact) mass is 1060 g/mol. The van der Waals surface area contributed by atoms with Crippen LogP contribution in [0.5, 0.6) is 23.0 Å². The molecular weight excluding hydrogens is 980 g/mol. The van der Waals surface area contributed by atoms with Crippen molar-refractivity contribution in [3.8, 4) is 23.0 Å². The van der Waals surface area contributed by atoms with Crippen LogP contribution in [-0.2, 0) is 70.7 Å². The SMILES string of the molecule is CC(C)=CCC/C(C)=C/COC1OCc2c[nH+]c(C)c(O)c21.CCOC1OCc2c[nH+]c(C)c(O)c21.Cc1[nH+]cc2c(c1O)C(OC(C)C)OC2.Cc1[nH+]cc2c(c1O)C(OCCc1ccccc1)OC2.[CH3-].[CH3-].[CH3-].[Cl-]. The minimum atomic E-state index is -0.481. The largest absolute Gasteiger partial charge is 1.00 e. The molecule has 0 radical (unpaired) electrons. The Hall–Kier alpha value is -5.53. The van der Waals surface area contributed by atoms with Crippen molar-refractivity contribution in [2.45, 2.75) is 146 Å². The first-order valence-corrected chi connectivity index (χ1v) is 24.3. The summed E-state index contributed by atoms with van der Waals surface area (Å²) in [5.41, 5.74) is 13.7. The Morgan fingerprint density at radius 2 is 0.973 bits per heavy atom. The van der Waals surface area contributed by atoms with Crippen LogP contribution in [0.1, 0.15) is 152 Å². The lowest BCUT2D eigenvalue weighted by atomic mass is 10.1. The Morgan fingerprint density at radius 1 is 0.587 bits per heavy atom. The van der Waals surface area contributed by atoms with Gasteiger partial charge in [-0.15, -0.1) is 0 Å². The van der Waals surface area contributed by atoms with Crippen LogP contribution in [0.4, 0.5) is 0 Å². The van der Waals surface area contributed by atoms with Crippen LogP contribution in [0.3, 0.4) is 0 Å². The number of fused-ring (bicyclic) bond motifs is 4. The van der Waals surface area contributed by atoms with Gasteiger partial charge in [-0.1, -0.05) is 53.6 Å². The number of halogens is 1. The van der Waals surface area contributed by atoms with Crippen molar-refractivity contribution in [3.05, 3.63) is 174 Å². The lowest BCUT2D eigenvalue weighted by Gasteiger charge is -2.15. The van der Waals surface area contributed by atoms with Crippen molar-refractivity contribution in [2.24, 2.45) is 0 Å². The average molecular weight is 1060 g/mol. The summed E-state index contributed by atoms with van der Waals surface area (Å²) in [5, 5.41) is 40.0. The number of benzene rings is 1. The van der Waals surface area contributed by atoms with Crippen LogP contribution in [0, 0.1) is 50.0 Å². The predicted molar refractivity (Wildman–Crippen MR) is 279 cm³/mol. The molecule has 16 nitrogen and oxygen atoms in total. The Bertz CT molecular complexity index is 2620. The second kappa shape index (κ2) is 31.5. The highest BCUT2D eigenvalue weighted by atomic mass is 35.5. The summed E-state index contributed by atoms with van der Waals surface area (Å²) in [7, 11) is 0. The molecule has 0 saturated carbocycles. The van der Waals surface area contributed by atoms with Crippen LogP contribution in [0.25, 0.3) is 0 Å². The van der Waals surface area contributed by atoms with Gasteiger partial charge in [0.2, 0.25) is 22.8 Å². The molecule has 0 amide bonds. The first kappa shape index (κ1) is 65.6. The number of aryl methyl sites for hydroxylation is 4. The molecule has 0 bridgehead atoms. The number of hydrogen-bond donors (Lipinski definition) is 4. The normalized spacial score (nSPS) is 17.3. The number of H-pyrrole nitrogens is 4. The highest BCUT2D eigenvalue weighted by Gasteiger charge is 2.34. The van der Waals surface area contributed by atoms with Crippen LogP contribution < -0.4 is 32.3 Å². The molecule has 4 unspecified atom stereocenters. The number of aromatic nitrogens is 4. The molecule has 0 saturated heterocycles. The molecule has 5 aromatic rings. The first-order valence-electron chi connectivity index (χ1n) is 24.3. The van der Waals surface area contributed by atoms with Gasteiger partial charge in [0.05, 0.1) is 90.3 Å². The zero-order valence-corrected chi connectivity index (χ0v) is 47.0. The maximum Gasteiger partial charge on any atom is 0.219 e. The van der Waals surface area contributed by atoms with E-state index in [1.54, 1.807) is 0 Å². The van der Waals surface area contributed by atoms with Gasteiger partial charge in [-0.2, -0.15) is 0 Å². The van der Waals surface area contributed by atoms with Gasteiger partial charge >= 0.3 is 0 Å². The summed E-state index contributed by atoms with van der Waals surface area (Å²) >= 11 is 0. The van der Waals surface area contributed by atoms with Crippen molar-refractivity contribution in [1.82, 2.24) is 0 Å². The molecule has 8 N–H and O–H groups in total. The molecule has 4 aliphatic rings. The highest BCUT2D eigenvalue weighted by molar-refractivity contribution is 5.43. The fraction of sp³-hybridized carbons (Fsp3) is 0.431. The van der Waals surface area contributed by atoms with Crippen LogP contribution in [-0.4, -0.2) is 46.4 Å². The fourth-order valence-electron chi connectivity index (χ4n) is 8.10.